The summed E-state index contributed by atoms with van der Waals surface area (Å²) in [5.41, 5.74) is 2.43. The number of nitrogens with zero attached hydrogens (tertiary/aromatic N) is 2. The fourth-order valence-electron chi connectivity index (χ4n) is 2.34. The lowest BCUT2D eigenvalue weighted by Gasteiger charge is -2.05. The van der Waals surface area contributed by atoms with Crippen LogP contribution in [0.25, 0.3) is 5.69 Å². The molecule has 2 unspecified atom stereocenters. The van der Waals surface area contributed by atoms with Gasteiger partial charge in [0.2, 0.25) is 0 Å². The lowest BCUT2D eigenvalue weighted by molar-refractivity contribution is -0.146. The maximum Gasteiger partial charge on any atom is 0.309 e. The van der Waals surface area contributed by atoms with Crippen molar-refractivity contribution in [3.05, 3.63) is 46.7 Å². The summed E-state index contributed by atoms with van der Waals surface area (Å²) in [6.07, 6.45) is 0.925. The molecule has 0 bridgehead atoms. The second-order valence-corrected chi connectivity index (χ2v) is 5.89. The zero-order valence-electron chi connectivity index (χ0n) is 12.0. The van der Waals surface area contributed by atoms with Crippen LogP contribution in [0.5, 0.6) is 0 Å². The number of hydrogen-bond donors (Lipinski definition) is 0. The third kappa shape index (κ3) is 2.81. The minimum Gasteiger partial charge on any atom is -0.460 e. The molecule has 1 aliphatic rings. The summed E-state index contributed by atoms with van der Waals surface area (Å²) < 4.78 is 7.02. The van der Waals surface area contributed by atoms with E-state index in [-0.39, 0.29) is 18.5 Å². The topological polar surface area (TPSA) is 44.1 Å². The molecule has 110 valence electrons. The van der Waals surface area contributed by atoms with E-state index in [1.165, 1.54) is 0 Å². The van der Waals surface area contributed by atoms with Gasteiger partial charge in [-0.15, -0.1) is 0 Å². The molecule has 1 fully saturated rings. The summed E-state index contributed by atoms with van der Waals surface area (Å²) in [7, 11) is 0. The van der Waals surface area contributed by atoms with Gasteiger partial charge in [-0.3, -0.25) is 4.79 Å². The molecule has 5 heteroatoms. The van der Waals surface area contributed by atoms with Gasteiger partial charge >= 0.3 is 5.97 Å². The normalized spacial score (nSPS) is 20.3. The first-order valence-electron chi connectivity index (χ1n) is 7.04. The van der Waals surface area contributed by atoms with Crippen LogP contribution in [-0.2, 0) is 16.1 Å². The van der Waals surface area contributed by atoms with Gasteiger partial charge < -0.3 is 4.74 Å². The Hall–Kier alpha value is -1.81. The molecule has 0 saturated heterocycles. The molecule has 1 aromatic heterocycles. The molecule has 4 nitrogen and oxygen atoms in total. The van der Waals surface area contributed by atoms with Gasteiger partial charge in [0, 0.05) is 5.56 Å². The molecule has 1 aromatic carbocycles. The van der Waals surface area contributed by atoms with Gasteiger partial charge in [0.25, 0.3) is 0 Å². The minimum atomic E-state index is -0.134. The Morgan fingerprint density at radius 1 is 1.43 bits per heavy atom. The molecular formula is C16H17ClN2O2. The van der Waals surface area contributed by atoms with E-state index in [2.05, 4.69) is 12.0 Å². The first-order valence-corrected chi connectivity index (χ1v) is 7.41. The van der Waals surface area contributed by atoms with Gasteiger partial charge in [-0.25, -0.2) is 4.68 Å². The number of rotatable bonds is 4. The van der Waals surface area contributed by atoms with Crippen LogP contribution in [-0.4, -0.2) is 15.7 Å². The average molecular weight is 305 g/mol. The molecular weight excluding hydrogens is 288 g/mol. The quantitative estimate of drug-likeness (QED) is 0.812. The number of benzene rings is 1. The van der Waals surface area contributed by atoms with Gasteiger partial charge in [-0.1, -0.05) is 36.7 Å². The number of para-hydroxylation sites is 1. The molecule has 3 rings (SSSR count). The van der Waals surface area contributed by atoms with Crippen molar-refractivity contribution < 1.29 is 9.53 Å². The molecule has 0 radical (unpaired) electrons. The second kappa shape index (κ2) is 5.53. The largest absolute Gasteiger partial charge is 0.460 e. The lowest BCUT2D eigenvalue weighted by Crippen LogP contribution is -2.08. The first kappa shape index (κ1) is 14.1. The van der Waals surface area contributed by atoms with Crippen molar-refractivity contribution in [3.8, 4) is 5.69 Å². The lowest BCUT2D eigenvalue weighted by atomic mass is 10.3. The number of esters is 1. The summed E-state index contributed by atoms with van der Waals surface area (Å²) in [6.45, 7) is 4.10. The summed E-state index contributed by atoms with van der Waals surface area (Å²) in [6, 6.07) is 9.65. The molecule has 0 spiro atoms. The van der Waals surface area contributed by atoms with Crippen LogP contribution in [0.15, 0.2) is 30.3 Å². The van der Waals surface area contributed by atoms with E-state index >= 15 is 0 Å². The molecule has 0 N–H and O–H groups in total. The van der Waals surface area contributed by atoms with E-state index < -0.39 is 0 Å². The van der Waals surface area contributed by atoms with Crippen LogP contribution >= 0.6 is 11.6 Å². The van der Waals surface area contributed by atoms with Crippen molar-refractivity contribution in [2.24, 2.45) is 11.8 Å². The Balaban J connectivity index is 1.77. The summed E-state index contributed by atoms with van der Waals surface area (Å²) in [4.78, 5) is 11.8. The maximum absolute atomic E-state index is 11.8. The Morgan fingerprint density at radius 3 is 2.71 bits per heavy atom. The fraction of sp³-hybridized carbons (Fsp3) is 0.375. The summed E-state index contributed by atoms with van der Waals surface area (Å²) in [5.74, 6) is 0.375. The zero-order chi connectivity index (χ0) is 15.0. The highest BCUT2D eigenvalue weighted by molar-refractivity contribution is 6.30. The number of ether oxygens (including phenoxy) is 1. The minimum absolute atomic E-state index is 0.0632. The van der Waals surface area contributed by atoms with E-state index in [1.54, 1.807) is 4.68 Å². The van der Waals surface area contributed by atoms with Gasteiger partial charge in [0.15, 0.2) is 0 Å². The predicted molar refractivity (Wildman–Crippen MR) is 80.4 cm³/mol. The molecule has 1 saturated carbocycles. The molecule has 1 heterocycles. The van der Waals surface area contributed by atoms with Crippen LogP contribution in [0.4, 0.5) is 0 Å². The molecule has 1 aliphatic carbocycles. The number of aromatic nitrogens is 2. The highest BCUT2D eigenvalue weighted by Gasteiger charge is 2.40. The average Bonchev–Trinajstić information content (AvgIpc) is 3.15. The van der Waals surface area contributed by atoms with Crippen molar-refractivity contribution in [2.45, 2.75) is 26.9 Å². The summed E-state index contributed by atoms with van der Waals surface area (Å²) >= 11 is 6.38. The zero-order valence-corrected chi connectivity index (χ0v) is 12.8. The molecule has 2 atom stereocenters. The van der Waals surface area contributed by atoms with Crippen LogP contribution in [0.1, 0.15) is 24.6 Å². The van der Waals surface area contributed by atoms with Crippen molar-refractivity contribution >= 4 is 17.6 Å². The Kier molecular flexibility index (Phi) is 3.72. The number of halogens is 1. The van der Waals surface area contributed by atoms with Crippen molar-refractivity contribution in [3.63, 3.8) is 0 Å². The molecule has 2 aromatic rings. The number of carbonyl (C=O) groups is 1. The monoisotopic (exact) mass is 304 g/mol. The SMILES string of the molecule is Cc1nn(-c2ccccc2)c(Cl)c1COC(=O)C1CC1C. The standard InChI is InChI=1S/C16H17ClN2O2/c1-10-8-13(10)16(20)21-9-14-11(2)18-19(15(14)17)12-6-4-3-5-7-12/h3-7,10,13H,8-9H2,1-2H3. The Labute approximate surface area is 128 Å². The Bertz CT molecular complexity index is 666. The van der Waals surface area contributed by atoms with Gasteiger partial charge in [0.05, 0.1) is 17.3 Å². The van der Waals surface area contributed by atoms with Crippen LogP contribution in [0.2, 0.25) is 5.15 Å². The van der Waals surface area contributed by atoms with Crippen LogP contribution in [0.3, 0.4) is 0 Å². The second-order valence-electron chi connectivity index (χ2n) is 5.53. The molecule has 0 aliphatic heterocycles. The number of aryl methyl sites for hydroxylation is 1. The van der Waals surface area contributed by atoms with Crippen LogP contribution in [0, 0.1) is 18.8 Å². The predicted octanol–water partition coefficient (Wildman–Crippen LogP) is 3.53. The summed E-state index contributed by atoms with van der Waals surface area (Å²) in [5, 5.41) is 4.92. The van der Waals surface area contributed by atoms with Gasteiger partial charge in [-0.2, -0.15) is 5.10 Å². The third-order valence-electron chi connectivity index (χ3n) is 3.89. The number of hydrogen-bond acceptors (Lipinski definition) is 3. The van der Waals surface area contributed by atoms with Crippen molar-refractivity contribution in [2.75, 3.05) is 0 Å². The maximum atomic E-state index is 11.8. The van der Waals surface area contributed by atoms with E-state index in [0.29, 0.717) is 11.1 Å². The highest BCUT2D eigenvalue weighted by atomic mass is 35.5. The van der Waals surface area contributed by atoms with Crippen molar-refractivity contribution in [1.29, 1.82) is 0 Å². The fourth-order valence-corrected chi connectivity index (χ4v) is 2.66. The number of carbonyl (C=O) groups excluding carboxylic acids is 1. The third-order valence-corrected chi connectivity index (χ3v) is 4.28. The van der Waals surface area contributed by atoms with Crippen LogP contribution < -0.4 is 0 Å². The van der Waals surface area contributed by atoms with Crippen molar-refractivity contribution in [1.82, 2.24) is 9.78 Å². The highest BCUT2D eigenvalue weighted by Crippen LogP contribution is 2.39. The van der Waals surface area contributed by atoms with E-state index in [1.807, 2.05) is 37.3 Å². The van der Waals surface area contributed by atoms with E-state index in [0.717, 1.165) is 23.4 Å². The Morgan fingerprint density at radius 2 is 2.10 bits per heavy atom. The molecule has 0 amide bonds. The molecule has 21 heavy (non-hydrogen) atoms. The van der Waals surface area contributed by atoms with E-state index in [4.69, 9.17) is 16.3 Å². The van der Waals surface area contributed by atoms with Gasteiger partial charge in [0.1, 0.15) is 11.8 Å². The van der Waals surface area contributed by atoms with Gasteiger partial charge in [-0.05, 0) is 31.4 Å². The smallest absolute Gasteiger partial charge is 0.309 e. The first-order chi connectivity index (χ1) is 10.1. The van der Waals surface area contributed by atoms with E-state index in [9.17, 15) is 4.79 Å².